The Morgan fingerprint density at radius 1 is 1.37 bits per heavy atom. The van der Waals surface area contributed by atoms with Crippen molar-refractivity contribution >= 4 is 11.9 Å². The first-order valence-electron chi connectivity index (χ1n) is 6.05. The van der Waals surface area contributed by atoms with Crippen LogP contribution < -0.4 is 15.4 Å². The third-order valence-corrected chi connectivity index (χ3v) is 2.40. The Kier molecular flexibility index (Phi) is 4.17. The Hall–Kier alpha value is -2.31. The van der Waals surface area contributed by atoms with Crippen LogP contribution in [0.25, 0.3) is 0 Å². The minimum absolute atomic E-state index is 0.148. The zero-order valence-electron chi connectivity index (χ0n) is 11.0. The highest BCUT2D eigenvalue weighted by Crippen LogP contribution is 2.15. The van der Waals surface area contributed by atoms with Crippen LogP contribution in [0.1, 0.15) is 18.9 Å². The molecule has 0 aromatic carbocycles. The molecule has 0 saturated heterocycles. The van der Waals surface area contributed by atoms with Crippen molar-refractivity contribution in [2.24, 2.45) is 0 Å². The summed E-state index contributed by atoms with van der Waals surface area (Å²) >= 11 is 0. The minimum Gasteiger partial charge on any atom is -0.472 e. The van der Waals surface area contributed by atoms with Gasteiger partial charge in [0.05, 0.1) is 19.1 Å². The number of aromatic nitrogens is 3. The molecule has 0 unspecified atom stereocenters. The normalized spacial score (nSPS) is 10.4. The Labute approximate surface area is 111 Å². The Balaban J connectivity index is 2.11. The fraction of sp³-hybridized carbons (Fsp3) is 0.417. The van der Waals surface area contributed by atoms with Gasteiger partial charge in [0.2, 0.25) is 11.9 Å². The molecule has 0 spiro atoms. The Morgan fingerprint density at radius 2 is 2.21 bits per heavy atom. The van der Waals surface area contributed by atoms with E-state index in [4.69, 9.17) is 14.9 Å². The van der Waals surface area contributed by atoms with Crippen molar-refractivity contribution in [3.63, 3.8) is 0 Å². The van der Waals surface area contributed by atoms with Crippen molar-refractivity contribution in [3.8, 4) is 6.01 Å². The fourth-order valence-electron chi connectivity index (χ4n) is 1.52. The molecule has 102 valence electrons. The molecule has 0 amide bonds. The number of furan rings is 1. The zero-order valence-corrected chi connectivity index (χ0v) is 11.0. The van der Waals surface area contributed by atoms with Gasteiger partial charge in [0.1, 0.15) is 0 Å². The number of nitrogens with two attached hydrogens (primary N) is 1. The summed E-state index contributed by atoms with van der Waals surface area (Å²) in [4.78, 5) is 14.1. The van der Waals surface area contributed by atoms with E-state index in [0.29, 0.717) is 19.1 Å². The quantitative estimate of drug-likeness (QED) is 0.843. The smallest absolute Gasteiger partial charge is 0.323 e. The highest BCUT2D eigenvalue weighted by molar-refractivity contribution is 5.35. The lowest BCUT2D eigenvalue weighted by Gasteiger charge is -2.16. The highest BCUT2D eigenvalue weighted by atomic mass is 16.5. The lowest BCUT2D eigenvalue weighted by Crippen LogP contribution is -2.20. The van der Waals surface area contributed by atoms with E-state index in [-0.39, 0.29) is 12.0 Å². The zero-order chi connectivity index (χ0) is 13.7. The first kappa shape index (κ1) is 13.1. The van der Waals surface area contributed by atoms with Crippen LogP contribution in [-0.4, -0.2) is 28.6 Å². The Bertz CT molecular complexity index is 515. The molecule has 0 aliphatic carbocycles. The highest BCUT2D eigenvalue weighted by Gasteiger charge is 2.10. The summed E-state index contributed by atoms with van der Waals surface area (Å²) in [5.74, 6) is 0.620. The number of anilines is 2. The van der Waals surface area contributed by atoms with E-state index >= 15 is 0 Å². The van der Waals surface area contributed by atoms with Crippen LogP contribution in [-0.2, 0) is 6.54 Å². The molecular weight excluding hydrogens is 246 g/mol. The molecule has 19 heavy (non-hydrogen) atoms. The molecule has 0 fully saturated rings. The van der Waals surface area contributed by atoms with Crippen LogP contribution in [0.5, 0.6) is 6.01 Å². The second-order valence-corrected chi connectivity index (χ2v) is 4.11. The van der Waals surface area contributed by atoms with E-state index in [1.807, 2.05) is 24.9 Å². The van der Waals surface area contributed by atoms with Gasteiger partial charge < -0.3 is 19.8 Å². The molecule has 0 saturated carbocycles. The maximum absolute atomic E-state index is 5.65. The minimum atomic E-state index is 0.148. The lowest BCUT2D eigenvalue weighted by atomic mass is 10.3. The Morgan fingerprint density at radius 3 is 2.89 bits per heavy atom. The van der Waals surface area contributed by atoms with Crippen molar-refractivity contribution in [2.45, 2.75) is 19.9 Å². The topological polar surface area (TPSA) is 90.3 Å². The van der Waals surface area contributed by atoms with Crippen molar-refractivity contribution in [1.82, 2.24) is 15.0 Å². The van der Waals surface area contributed by atoms with Crippen molar-refractivity contribution in [3.05, 3.63) is 24.2 Å². The van der Waals surface area contributed by atoms with E-state index in [1.165, 1.54) is 0 Å². The van der Waals surface area contributed by atoms with Gasteiger partial charge in [-0.25, -0.2) is 0 Å². The first-order chi connectivity index (χ1) is 9.19. The molecule has 2 aromatic rings. The summed E-state index contributed by atoms with van der Waals surface area (Å²) in [6.07, 6.45) is 4.18. The monoisotopic (exact) mass is 263 g/mol. The van der Waals surface area contributed by atoms with Gasteiger partial charge in [-0.05, 0) is 12.5 Å². The second-order valence-electron chi connectivity index (χ2n) is 4.11. The predicted octanol–water partition coefficient (Wildman–Crippen LogP) is 1.47. The average Bonchev–Trinajstić information content (AvgIpc) is 2.88. The van der Waals surface area contributed by atoms with Gasteiger partial charge in [-0.2, -0.15) is 15.0 Å². The van der Waals surface area contributed by atoms with E-state index in [0.717, 1.165) is 12.0 Å². The van der Waals surface area contributed by atoms with Crippen LogP contribution in [0.15, 0.2) is 23.0 Å². The lowest BCUT2D eigenvalue weighted by molar-refractivity contribution is 0.292. The number of ether oxygens (including phenoxy) is 1. The summed E-state index contributed by atoms with van der Waals surface area (Å²) < 4.78 is 10.4. The average molecular weight is 263 g/mol. The van der Waals surface area contributed by atoms with Crippen LogP contribution in [0.4, 0.5) is 11.9 Å². The molecule has 2 heterocycles. The van der Waals surface area contributed by atoms with Gasteiger partial charge in [0.15, 0.2) is 0 Å². The molecule has 0 radical (unpaired) electrons. The van der Waals surface area contributed by atoms with Gasteiger partial charge in [-0.15, -0.1) is 0 Å². The second kappa shape index (κ2) is 6.03. The predicted molar refractivity (Wildman–Crippen MR) is 70.8 cm³/mol. The third kappa shape index (κ3) is 3.57. The number of nitrogen functional groups attached to an aromatic ring is 1. The first-order valence-corrected chi connectivity index (χ1v) is 6.05. The molecular formula is C12H17N5O2. The van der Waals surface area contributed by atoms with E-state index in [1.54, 1.807) is 12.5 Å². The third-order valence-electron chi connectivity index (χ3n) is 2.40. The molecule has 0 aliphatic rings. The standard InChI is InChI=1S/C12H17N5O2/c1-3-5-19-12-15-10(13)14-11(16-12)17(2)7-9-4-6-18-8-9/h4,6,8H,3,5,7H2,1-2H3,(H2,13,14,15,16). The van der Waals surface area contributed by atoms with Gasteiger partial charge in [-0.3, -0.25) is 0 Å². The summed E-state index contributed by atoms with van der Waals surface area (Å²) in [6.45, 7) is 3.18. The molecule has 2 rings (SSSR count). The molecule has 0 bridgehead atoms. The number of rotatable bonds is 6. The molecule has 7 heteroatoms. The van der Waals surface area contributed by atoms with Crippen molar-refractivity contribution < 1.29 is 9.15 Å². The molecule has 0 aliphatic heterocycles. The summed E-state index contributed by atoms with van der Waals surface area (Å²) in [5, 5.41) is 0. The number of hydrogen-bond donors (Lipinski definition) is 1. The summed E-state index contributed by atoms with van der Waals surface area (Å²) in [7, 11) is 1.87. The van der Waals surface area contributed by atoms with Crippen LogP contribution in [0.3, 0.4) is 0 Å². The van der Waals surface area contributed by atoms with E-state index in [9.17, 15) is 0 Å². The van der Waals surface area contributed by atoms with Gasteiger partial charge in [0, 0.05) is 19.2 Å². The van der Waals surface area contributed by atoms with Crippen LogP contribution in [0, 0.1) is 0 Å². The number of hydrogen-bond acceptors (Lipinski definition) is 7. The van der Waals surface area contributed by atoms with Gasteiger partial charge >= 0.3 is 6.01 Å². The number of nitrogens with zero attached hydrogens (tertiary/aromatic N) is 4. The van der Waals surface area contributed by atoms with Crippen LogP contribution >= 0.6 is 0 Å². The fourth-order valence-corrected chi connectivity index (χ4v) is 1.52. The molecule has 2 aromatic heterocycles. The largest absolute Gasteiger partial charge is 0.472 e. The summed E-state index contributed by atoms with van der Waals surface area (Å²) in [6, 6.07) is 2.14. The maximum Gasteiger partial charge on any atom is 0.323 e. The van der Waals surface area contributed by atoms with Gasteiger partial charge in [-0.1, -0.05) is 6.92 Å². The van der Waals surface area contributed by atoms with Crippen molar-refractivity contribution in [1.29, 1.82) is 0 Å². The molecule has 2 N–H and O–H groups in total. The maximum atomic E-state index is 5.65. The van der Waals surface area contributed by atoms with E-state index in [2.05, 4.69) is 15.0 Å². The van der Waals surface area contributed by atoms with Gasteiger partial charge in [0.25, 0.3) is 0 Å². The molecule has 7 nitrogen and oxygen atoms in total. The summed E-state index contributed by atoms with van der Waals surface area (Å²) in [5.41, 5.74) is 6.68. The molecule has 0 atom stereocenters. The SMILES string of the molecule is CCCOc1nc(N)nc(N(C)Cc2ccoc2)n1. The van der Waals surface area contributed by atoms with Crippen molar-refractivity contribution in [2.75, 3.05) is 24.3 Å². The van der Waals surface area contributed by atoms with Crippen LogP contribution in [0.2, 0.25) is 0 Å². The van der Waals surface area contributed by atoms with E-state index < -0.39 is 0 Å².